The molecule has 44 heavy (non-hydrogen) atoms. The van der Waals surface area contributed by atoms with Crippen LogP contribution in [0, 0.1) is 10.4 Å². The first kappa shape index (κ1) is 23.7. The Labute approximate surface area is 253 Å². The van der Waals surface area contributed by atoms with Gasteiger partial charge in [-0.3, -0.25) is 0 Å². The van der Waals surface area contributed by atoms with E-state index in [4.69, 9.17) is 9.98 Å². The summed E-state index contributed by atoms with van der Waals surface area (Å²) in [6, 6.07) is 52.5. The number of rotatable bonds is 2. The number of hydrogen-bond donors (Lipinski definition) is 0. The topological polar surface area (TPSA) is 24.7 Å². The van der Waals surface area contributed by atoms with Crippen LogP contribution in [0.2, 0.25) is 0 Å². The van der Waals surface area contributed by atoms with Gasteiger partial charge >= 0.3 is 0 Å². The lowest BCUT2D eigenvalue weighted by Gasteiger charge is -2.20. The minimum Gasteiger partial charge on any atom is -0.248 e. The van der Waals surface area contributed by atoms with Crippen molar-refractivity contribution in [3.63, 3.8) is 0 Å². The molecule has 2 aliphatic rings. The predicted octanol–water partition coefficient (Wildman–Crippen LogP) is 9.96. The highest BCUT2D eigenvalue weighted by Crippen LogP contribution is 2.51. The molecule has 2 heteroatoms. The zero-order chi connectivity index (χ0) is 28.8. The second-order valence-corrected chi connectivity index (χ2v) is 11.7. The third-order valence-corrected chi connectivity index (χ3v) is 9.38. The van der Waals surface area contributed by atoms with Crippen LogP contribution < -0.4 is 10.7 Å². The van der Waals surface area contributed by atoms with E-state index in [1.807, 2.05) is 0 Å². The van der Waals surface area contributed by atoms with Crippen molar-refractivity contribution in [3.05, 3.63) is 167 Å². The molecule has 0 spiro atoms. The third-order valence-electron chi connectivity index (χ3n) is 9.38. The Kier molecular flexibility index (Phi) is 4.75. The van der Waals surface area contributed by atoms with Crippen molar-refractivity contribution in [3.8, 4) is 33.4 Å². The van der Waals surface area contributed by atoms with Crippen molar-refractivity contribution in [1.29, 1.82) is 0 Å². The van der Waals surface area contributed by atoms with E-state index in [1.54, 1.807) is 0 Å². The van der Waals surface area contributed by atoms with Gasteiger partial charge in [0.25, 0.3) is 0 Å². The normalized spacial score (nSPS) is 12.5. The van der Waals surface area contributed by atoms with Gasteiger partial charge in [-0.2, -0.15) is 0 Å². The van der Waals surface area contributed by atoms with Crippen molar-refractivity contribution in [2.24, 2.45) is 9.98 Å². The lowest BCUT2D eigenvalue weighted by Crippen LogP contribution is -2.01. The van der Waals surface area contributed by atoms with Crippen LogP contribution in [-0.4, -0.2) is 0 Å². The molecule has 0 aromatic heterocycles. The van der Waals surface area contributed by atoms with Gasteiger partial charge in [0.2, 0.25) is 0 Å². The van der Waals surface area contributed by atoms with E-state index < -0.39 is 0 Å². The quantitative estimate of drug-likeness (QED) is 0.189. The second kappa shape index (κ2) is 8.82. The van der Waals surface area contributed by atoms with Crippen molar-refractivity contribution < 1.29 is 0 Å². The number of fused-ring (bicyclic) bond motifs is 12. The highest BCUT2D eigenvalue weighted by molar-refractivity contribution is 6.29. The highest BCUT2D eigenvalue weighted by Gasteiger charge is 2.27. The molecule has 10 rings (SSSR count). The highest BCUT2D eigenvalue weighted by atomic mass is 14.8. The predicted molar refractivity (Wildman–Crippen MR) is 181 cm³/mol. The van der Waals surface area contributed by atoms with Crippen LogP contribution in [-0.2, 0) is 0 Å². The molecule has 0 saturated carbocycles. The molecule has 0 N–H and O–H groups in total. The van der Waals surface area contributed by atoms with Crippen LogP contribution >= 0.6 is 0 Å². The molecule has 0 radical (unpaired) electrons. The molecule has 8 aromatic carbocycles. The fourth-order valence-electron chi connectivity index (χ4n) is 7.54. The minimum absolute atomic E-state index is 0.984. The maximum Gasteiger partial charge on any atom is 0.0817 e. The summed E-state index contributed by atoms with van der Waals surface area (Å²) in [5, 5.41) is 12.0. The third kappa shape index (κ3) is 3.14. The Balaban J connectivity index is 1.42. The first-order valence-corrected chi connectivity index (χ1v) is 15.1. The minimum atomic E-state index is 0.984. The molecule has 2 aliphatic heterocycles. The standard InChI is InChI=1S/C42H24N2/c1-2-11-25(12-3-1)26-21-23-36-40(41-37(43-36)24-22-33-30-16-8-9-20-35(30)44-42(33)41)39(26)34-19-10-18-32-29-14-5-4-13-27(29)28-15-6-7-17-31(28)38(32)34/h1-24H. The number of para-hydroxylation sites is 1. The maximum atomic E-state index is 5.22. The van der Waals surface area contributed by atoms with E-state index in [-0.39, 0.29) is 0 Å². The summed E-state index contributed by atoms with van der Waals surface area (Å²) >= 11 is 0. The van der Waals surface area contributed by atoms with Crippen molar-refractivity contribution >= 4 is 43.7 Å². The zero-order valence-corrected chi connectivity index (χ0v) is 23.8. The first-order valence-electron chi connectivity index (χ1n) is 15.1. The Morgan fingerprint density at radius 2 is 1.00 bits per heavy atom. The lowest BCUT2D eigenvalue weighted by molar-refractivity contribution is 1.36. The van der Waals surface area contributed by atoms with Gasteiger partial charge in [-0.05, 0) is 73.3 Å². The fraction of sp³-hybridized carbons (Fsp3) is 0. The van der Waals surface area contributed by atoms with E-state index in [9.17, 15) is 0 Å². The van der Waals surface area contributed by atoms with Crippen LogP contribution in [0.1, 0.15) is 0 Å². The molecule has 0 aliphatic carbocycles. The van der Waals surface area contributed by atoms with Gasteiger partial charge in [0.15, 0.2) is 0 Å². The van der Waals surface area contributed by atoms with Gasteiger partial charge in [0, 0.05) is 27.1 Å². The van der Waals surface area contributed by atoms with Crippen LogP contribution in [0.4, 0.5) is 11.4 Å². The molecular formula is C42H24N2. The second-order valence-electron chi connectivity index (χ2n) is 11.7. The number of nitrogens with zero attached hydrogens (tertiary/aromatic N) is 2. The summed E-state index contributed by atoms with van der Waals surface area (Å²) in [4.78, 5) is 10.4. The molecule has 0 amide bonds. The summed E-state index contributed by atoms with van der Waals surface area (Å²) in [6.45, 7) is 0. The fourth-order valence-corrected chi connectivity index (χ4v) is 7.54. The molecule has 0 bridgehead atoms. The number of hydrogen-bond acceptors (Lipinski definition) is 2. The molecule has 0 fully saturated rings. The van der Waals surface area contributed by atoms with Gasteiger partial charge in [-0.25, -0.2) is 9.98 Å². The van der Waals surface area contributed by atoms with Gasteiger partial charge in [-0.1, -0.05) is 121 Å². The van der Waals surface area contributed by atoms with Crippen LogP contribution in [0.15, 0.2) is 156 Å². The molecule has 202 valence electrons. The summed E-state index contributed by atoms with van der Waals surface area (Å²) in [6.07, 6.45) is 0. The summed E-state index contributed by atoms with van der Waals surface area (Å²) in [5.41, 5.74) is 9.13. The monoisotopic (exact) mass is 556 g/mol. The van der Waals surface area contributed by atoms with Gasteiger partial charge in [0.05, 0.1) is 22.1 Å². The summed E-state index contributed by atoms with van der Waals surface area (Å²) in [7, 11) is 0. The van der Waals surface area contributed by atoms with E-state index in [0.717, 1.165) is 27.7 Å². The van der Waals surface area contributed by atoms with Gasteiger partial charge in [-0.15, -0.1) is 0 Å². The first-order chi connectivity index (χ1) is 21.8. The molecule has 0 unspecified atom stereocenters. The maximum absolute atomic E-state index is 5.22. The molecular weight excluding hydrogens is 532 g/mol. The summed E-state index contributed by atoms with van der Waals surface area (Å²) in [5.74, 6) is 0. The zero-order valence-electron chi connectivity index (χ0n) is 23.8. The summed E-state index contributed by atoms with van der Waals surface area (Å²) < 4.78 is 0. The van der Waals surface area contributed by atoms with Crippen LogP contribution in [0.5, 0.6) is 0 Å². The van der Waals surface area contributed by atoms with Crippen LogP contribution in [0.25, 0.3) is 65.7 Å². The number of benzene rings is 8. The molecule has 0 atom stereocenters. The Bertz CT molecular complexity index is 2720. The van der Waals surface area contributed by atoms with E-state index >= 15 is 0 Å². The SMILES string of the molecule is c1ccc(-c2ccc3c(c2-c2cccc4c5ccccc5c5ccccc5c24)-c2c4c(ccc2=N3)=c2ccccc2=N4)cc1. The average Bonchev–Trinajstić information content (AvgIpc) is 3.66. The van der Waals surface area contributed by atoms with Gasteiger partial charge < -0.3 is 0 Å². The van der Waals surface area contributed by atoms with Crippen LogP contribution in [0.3, 0.4) is 0 Å². The smallest absolute Gasteiger partial charge is 0.0817 e. The van der Waals surface area contributed by atoms with E-state index in [1.165, 1.54) is 70.6 Å². The Morgan fingerprint density at radius 3 is 1.80 bits per heavy atom. The van der Waals surface area contributed by atoms with E-state index in [0.29, 0.717) is 0 Å². The van der Waals surface area contributed by atoms with Crippen molar-refractivity contribution in [2.75, 3.05) is 0 Å². The van der Waals surface area contributed by atoms with Crippen molar-refractivity contribution in [2.45, 2.75) is 0 Å². The van der Waals surface area contributed by atoms with Gasteiger partial charge in [0.1, 0.15) is 0 Å². The Hall–Kier alpha value is -5.86. The Morgan fingerprint density at radius 1 is 0.341 bits per heavy atom. The average molecular weight is 557 g/mol. The molecule has 2 nitrogen and oxygen atoms in total. The molecule has 0 saturated heterocycles. The lowest BCUT2D eigenvalue weighted by atomic mass is 9.83. The molecule has 8 aromatic rings. The largest absolute Gasteiger partial charge is 0.248 e. The van der Waals surface area contributed by atoms with Crippen molar-refractivity contribution in [1.82, 2.24) is 0 Å². The molecule has 2 heterocycles. The van der Waals surface area contributed by atoms with E-state index in [2.05, 4.69) is 146 Å².